The van der Waals surface area contributed by atoms with Crippen molar-refractivity contribution in [3.05, 3.63) is 12.1 Å². The molecule has 0 atom stereocenters. The number of nitrogens with one attached hydrogen (secondary N) is 2. The quantitative estimate of drug-likeness (QED) is 0.652. The van der Waals surface area contributed by atoms with Gasteiger partial charge in [-0.3, -0.25) is 0 Å². The van der Waals surface area contributed by atoms with E-state index in [1.807, 2.05) is 13.1 Å². The summed E-state index contributed by atoms with van der Waals surface area (Å²) in [6.07, 6.45) is 0. The van der Waals surface area contributed by atoms with Gasteiger partial charge in [0, 0.05) is 31.9 Å². The second-order valence-corrected chi connectivity index (χ2v) is 2.17. The summed E-state index contributed by atoms with van der Waals surface area (Å²) in [6.45, 7) is 0. The molecule has 0 saturated carbocycles. The number of anilines is 3. The number of hydrogen-bond donors (Lipinski definition) is 3. The lowest BCUT2D eigenvalue weighted by molar-refractivity contribution is 1.29. The van der Waals surface area contributed by atoms with E-state index in [4.69, 9.17) is 5.73 Å². The van der Waals surface area contributed by atoms with Crippen LogP contribution in [0.25, 0.3) is 0 Å². The lowest BCUT2D eigenvalue weighted by Gasteiger charge is -2.04. The largest absolute Gasteiger partial charge is 0.388 e. The van der Waals surface area contributed by atoms with Crippen LogP contribution in [0.15, 0.2) is 12.1 Å². The normalized spacial score (nSPS) is 8.50. The molecule has 0 spiro atoms. The van der Waals surface area contributed by atoms with Crippen LogP contribution in [0.3, 0.4) is 0 Å². The van der Waals surface area contributed by atoms with Crippen LogP contribution in [0.5, 0.6) is 0 Å². The Hall–Kier alpha value is -1.16. The van der Waals surface area contributed by atoms with E-state index in [1.165, 1.54) is 0 Å². The highest BCUT2D eigenvalue weighted by Crippen LogP contribution is 2.14. The highest BCUT2D eigenvalue weighted by molar-refractivity contribution is 5.85. The molecule has 1 aromatic rings. The predicted octanol–water partition coefficient (Wildman–Crippen LogP) is 1.17. The van der Waals surface area contributed by atoms with Gasteiger partial charge < -0.3 is 16.4 Å². The zero-order valence-electron chi connectivity index (χ0n) is 7.09. The fourth-order valence-electron chi connectivity index (χ4n) is 0.824. The summed E-state index contributed by atoms with van der Waals surface area (Å²) >= 11 is 0. The maximum atomic E-state index is 5.52. The number of hydrogen-bond acceptors (Lipinski definition) is 4. The van der Waals surface area contributed by atoms with Gasteiger partial charge in [0.25, 0.3) is 0 Å². The monoisotopic (exact) mass is 188 g/mol. The number of nitrogens with two attached hydrogens (primary N) is 1. The first-order chi connectivity index (χ1) is 5.26. The van der Waals surface area contributed by atoms with Crippen molar-refractivity contribution in [3.8, 4) is 0 Å². The first kappa shape index (κ1) is 10.8. The lowest BCUT2D eigenvalue weighted by Crippen LogP contribution is -1.99. The summed E-state index contributed by atoms with van der Waals surface area (Å²) < 4.78 is 0. The smallest absolute Gasteiger partial charge is 0.130 e. The van der Waals surface area contributed by atoms with Crippen LogP contribution in [-0.2, 0) is 0 Å². The summed E-state index contributed by atoms with van der Waals surface area (Å²) in [5.74, 6) is 1.29. The number of nitrogen functional groups attached to an aromatic ring is 1. The van der Waals surface area contributed by atoms with Crippen molar-refractivity contribution in [2.24, 2.45) is 0 Å². The number of pyridine rings is 1. The van der Waals surface area contributed by atoms with Crippen molar-refractivity contribution >= 4 is 29.7 Å². The fraction of sp³-hybridized carbons (Fsp3) is 0.286. The molecule has 0 aliphatic heterocycles. The lowest BCUT2D eigenvalue weighted by atomic mass is 10.3. The van der Waals surface area contributed by atoms with Crippen molar-refractivity contribution in [3.63, 3.8) is 0 Å². The van der Waals surface area contributed by atoms with E-state index in [2.05, 4.69) is 15.6 Å². The van der Waals surface area contributed by atoms with Crippen LogP contribution in [-0.4, -0.2) is 19.1 Å². The maximum Gasteiger partial charge on any atom is 0.130 e. The Balaban J connectivity index is 0.00000121. The first-order valence-electron chi connectivity index (χ1n) is 3.39. The molecule has 0 unspecified atom stereocenters. The van der Waals surface area contributed by atoms with Gasteiger partial charge in [-0.2, -0.15) is 0 Å². The molecule has 0 aliphatic rings. The minimum Gasteiger partial charge on any atom is -0.388 e. The van der Waals surface area contributed by atoms with Crippen molar-refractivity contribution < 1.29 is 0 Å². The van der Waals surface area contributed by atoms with Gasteiger partial charge in [-0.05, 0) is 0 Å². The summed E-state index contributed by atoms with van der Waals surface area (Å²) in [6, 6.07) is 3.66. The van der Waals surface area contributed by atoms with Crippen molar-refractivity contribution in [1.29, 1.82) is 0 Å². The Labute approximate surface area is 78.0 Å². The third-order valence-corrected chi connectivity index (χ3v) is 1.39. The molecular formula is C7H13ClN4. The molecule has 12 heavy (non-hydrogen) atoms. The fourth-order valence-corrected chi connectivity index (χ4v) is 0.824. The number of rotatable bonds is 2. The average molecular weight is 189 g/mol. The maximum absolute atomic E-state index is 5.52. The summed E-state index contributed by atoms with van der Waals surface area (Å²) in [4.78, 5) is 4.03. The molecule has 0 amide bonds. The van der Waals surface area contributed by atoms with Crippen molar-refractivity contribution in [2.75, 3.05) is 30.5 Å². The van der Waals surface area contributed by atoms with Gasteiger partial charge in [-0.1, -0.05) is 0 Å². The summed E-state index contributed by atoms with van der Waals surface area (Å²) in [5.41, 5.74) is 6.48. The van der Waals surface area contributed by atoms with Gasteiger partial charge in [0.2, 0.25) is 0 Å². The Bertz CT molecular complexity index is 229. The molecule has 0 aliphatic carbocycles. The van der Waals surface area contributed by atoms with E-state index in [0.29, 0.717) is 5.82 Å². The minimum atomic E-state index is 0. The molecule has 0 radical (unpaired) electrons. The van der Waals surface area contributed by atoms with E-state index in [1.54, 1.807) is 13.1 Å². The second kappa shape index (κ2) is 4.66. The molecule has 4 N–H and O–H groups in total. The van der Waals surface area contributed by atoms with Crippen LogP contribution < -0.4 is 16.4 Å². The standard InChI is InChI=1S/C7H12N4.ClH/c1-9-5-3-6(8)11-7(4-5)10-2;/h3-4H,1-2H3,(H4,8,9,10,11);1H. The van der Waals surface area contributed by atoms with E-state index < -0.39 is 0 Å². The van der Waals surface area contributed by atoms with Crippen LogP contribution in [0, 0.1) is 0 Å². The molecule has 0 fully saturated rings. The van der Waals surface area contributed by atoms with E-state index >= 15 is 0 Å². The van der Waals surface area contributed by atoms with Crippen LogP contribution in [0.4, 0.5) is 17.3 Å². The molecule has 1 heterocycles. The predicted molar refractivity (Wildman–Crippen MR) is 55.0 cm³/mol. The van der Waals surface area contributed by atoms with Crippen LogP contribution in [0.1, 0.15) is 0 Å². The van der Waals surface area contributed by atoms with Gasteiger partial charge in [-0.15, -0.1) is 12.4 Å². The highest BCUT2D eigenvalue weighted by atomic mass is 35.5. The van der Waals surface area contributed by atoms with E-state index in [0.717, 1.165) is 11.5 Å². The van der Waals surface area contributed by atoms with Gasteiger partial charge in [0.1, 0.15) is 11.6 Å². The molecule has 0 saturated heterocycles. The summed E-state index contributed by atoms with van der Waals surface area (Å²) in [5, 5.41) is 5.89. The third-order valence-electron chi connectivity index (χ3n) is 1.39. The van der Waals surface area contributed by atoms with Crippen LogP contribution >= 0.6 is 12.4 Å². The zero-order chi connectivity index (χ0) is 8.27. The number of nitrogens with zero attached hydrogens (tertiary/aromatic N) is 1. The molecular weight excluding hydrogens is 176 g/mol. The minimum absolute atomic E-state index is 0. The van der Waals surface area contributed by atoms with Gasteiger partial charge >= 0.3 is 0 Å². The zero-order valence-corrected chi connectivity index (χ0v) is 7.90. The highest BCUT2D eigenvalue weighted by Gasteiger charge is 1.95. The second-order valence-electron chi connectivity index (χ2n) is 2.17. The molecule has 1 aromatic heterocycles. The average Bonchev–Trinajstić information content (AvgIpc) is 2.03. The molecule has 4 nitrogen and oxygen atoms in total. The van der Waals surface area contributed by atoms with Gasteiger partial charge in [0.15, 0.2) is 0 Å². The molecule has 0 bridgehead atoms. The molecule has 0 aromatic carbocycles. The SMILES string of the molecule is CNc1cc(N)nc(NC)c1.Cl. The Kier molecular flexibility index (Phi) is 4.21. The third kappa shape index (κ3) is 2.47. The Morgan fingerprint density at radius 2 is 1.92 bits per heavy atom. The topological polar surface area (TPSA) is 63.0 Å². The molecule has 1 rings (SSSR count). The van der Waals surface area contributed by atoms with Crippen LogP contribution in [0.2, 0.25) is 0 Å². The number of aromatic nitrogens is 1. The Morgan fingerprint density at radius 3 is 2.42 bits per heavy atom. The molecule has 5 heteroatoms. The summed E-state index contributed by atoms with van der Waals surface area (Å²) in [7, 11) is 3.65. The van der Waals surface area contributed by atoms with Gasteiger partial charge in [0.05, 0.1) is 0 Å². The first-order valence-corrected chi connectivity index (χ1v) is 3.39. The molecule has 68 valence electrons. The Morgan fingerprint density at radius 1 is 1.25 bits per heavy atom. The van der Waals surface area contributed by atoms with Crippen molar-refractivity contribution in [1.82, 2.24) is 4.98 Å². The van der Waals surface area contributed by atoms with E-state index in [-0.39, 0.29) is 12.4 Å². The van der Waals surface area contributed by atoms with Crippen molar-refractivity contribution in [2.45, 2.75) is 0 Å². The number of halogens is 1. The van der Waals surface area contributed by atoms with E-state index in [9.17, 15) is 0 Å². The van der Waals surface area contributed by atoms with Gasteiger partial charge in [-0.25, -0.2) is 4.98 Å².